The number of rotatable bonds is 4. The van der Waals surface area contributed by atoms with Gasteiger partial charge >= 0.3 is 5.97 Å². The van der Waals surface area contributed by atoms with Crippen LogP contribution in [-0.2, 0) is 6.54 Å². The van der Waals surface area contributed by atoms with E-state index in [1.54, 1.807) is 24.3 Å². The fourth-order valence-electron chi connectivity index (χ4n) is 2.46. The molecule has 7 heteroatoms. The lowest BCUT2D eigenvalue weighted by atomic mass is 10.2. The van der Waals surface area contributed by atoms with Gasteiger partial charge in [-0.3, -0.25) is 4.98 Å². The summed E-state index contributed by atoms with van der Waals surface area (Å²) in [6.45, 7) is 0.180. The van der Waals surface area contributed by atoms with Crippen LogP contribution < -0.4 is 0 Å². The van der Waals surface area contributed by atoms with E-state index in [0.717, 1.165) is 6.20 Å². The topological polar surface area (TPSA) is 55.1 Å². The Balaban J connectivity index is 2.13. The maximum Gasteiger partial charge on any atom is 0.352 e. The second kappa shape index (κ2) is 6.63. The molecule has 0 saturated carbocycles. The van der Waals surface area contributed by atoms with Crippen LogP contribution in [0, 0.1) is 5.82 Å². The number of carbonyl (C=O) groups is 1. The van der Waals surface area contributed by atoms with Gasteiger partial charge in [0.25, 0.3) is 0 Å². The van der Waals surface area contributed by atoms with Gasteiger partial charge in [-0.15, -0.1) is 0 Å². The molecule has 2 heterocycles. The molecule has 1 aromatic carbocycles. The number of carboxylic acid groups (broad SMARTS) is 1. The molecule has 4 nitrogen and oxygen atoms in total. The molecule has 3 rings (SSSR count). The molecule has 0 amide bonds. The standard InChI is InChI=1S/C17H11Cl2FN2O2/c18-12-1-2-14(19)11(5-12)9-22-15(3-4-16(22)17(23)24)10-6-13(20)8-21-7-10/h1-8H,9H2,(H,23,24). The van der Waals surface area contributed by atoms with Crippen molar-refractivity contribution in [2.24, 2.45) is 0 Å². The van der Waals surface area contributed by atoms with Gasteiger partial charge in [0.1, 0.15) is 11.5 Å². The minimum absolute atomic E-state index is 0.0605. The first-order valence-electron chi connectivity index (χ1n) is 6.93. The second-order valence-corrected chi connectivity index (χ2v) is 5.97. The van der Waals surface area contributed by atoms with Crippen molar-refractivity contribution in [3.05, 3.63) is 75.9 Å². The molecule has 24 heavy (non-hydrogen) atoms. The summed E-state index contributed by atoms with van der Waals surface area (Å²) in [5.74, 6) is -1.60. The zero-order valence-electron chi connectivity index (χ0n) is 12.2. The van der Waals surface area contributed by atoms with Crippen LogP contribution in [0.1, 0.15) is 16.1 Å². The summed E-state index contributed by atoms with van der Waals surface area (Å²) in [5, 5.41) is 10.4. The van der Waals surface area contributed by atoms with E-state index >= 15 is 0 Å². The highest BCUT2D eigenvalue weighted by molar-refractivity contribution is 6.33. The highest BCUT2D eigenvalue weighted by Gasteiger charge is 2.17. The molecular formula is C17H11Cl2FN2O2. The van der Waals surface area contributed by atoms with Crippen LogP contribution in [0.25, 0.3) is 11.3 Å². The number of hydrogen-bond donors (Lipinski definition) is 1. The average Bonchev–Trinajstić information content (AvgIpc) is 2.95. The second-order valence-electron chi connectivity index (χ2n) is 5.12. The number of benzene rings is 1. The number of aromatic carboxylic acids is 1. The van der Waals surface area contributed by atoms with E-state index in [-0.39, 0.29) is 12.2 Å². The summed E-state index contributed by atoms with van der Waals surface area (Å²) in [6.07, 6.45) is 2.56. The number of pyridine rings is 1. The van der Waals surface area contributed by atoms with E-state index in [1.807, 2.05) is 0 Å². The molecule has 0 saturated heterocycles. The minimum atomic E-state index is -1.09. The summed E-state index contributed by atoms with van der Waals surface area (Å²) in [5.41, 5.74) is 1.72. The first-order valence-corrected chi connectivity index (χ1v) is 7.69. The van der Waals surface area contributed by atoms with Crippen LogP contribution in [-0.4, -0.2) is 20.6 Å². The molecule has 0 aliphatic rings. The van der Waals surface area contributed by atoms with Gasteiger partial charge in [-0.05, 0) is 42.0 Å². The van der Waals surface area contributed by atoms with Crippen molar-refractivity contribution in [2.75, 3.05) is 0 Å². The Morgan fingerprint density at radius 2 is 1.96 bits per heavy atom. The summed E-state index contributed by atoms with van der Waals surface area (Å²) in [7, 11) is 0. The third-order valence-corrected chi connectivity index (χ3v) is 4.14. The van der Waals surface area contributed by atoms with Crippen LogP contribution in [0.4, 0.5) is 4.39 Å². The van der Waals surface area contributed by atoms with E-state index in [4.69, 9.17) is 23.2 Å². The van der Waals surface area contributed by atoms with Crippen LogP contribution in [0.5, 0.6) is 0 Å². The maximum absolute atomic E-state index is 13.5. The van der Waals surface area contributed by atoms with Crippen LogP contribution in [0.2, 0.25) is 10.0 Å². The molecule has 0 fully saturated rings. The number of nitrogens with zero attached hydrogens (tertiary/aromatic N) is 2. The minimum Gasteiger partial charge on any atom is -0.477 e. The van der Waals surface area contributed by atoms with Gasteiger partial charge in [0.2, 0.25) is 0 Å². The van der Waals surface area contributed by atoms with E-state index in [2.05, 4.69) is 4.98 Å². The van der Waals surface area contributed by atoms with Crippen molar-refractivity contribution in [2.45, 2.75) is 6.54 Å². The smallest absolute Gasteiger partial charge is 0.352 e. The number of aromatic nitrogens is 2. The lowest BCUT2D eigenvalue weighted by molar-refractivity contribution is 0.0686. The van der Waals surface area contributed by atoms with E-state index in [0.29, 0.717) is 26.9 Å². The Hall–Kier alpha value is -2.37. The van der Waals surface area contributed by atoms with Crippen molar-refractivity contribution < 1.29 is 14.3 Å². The first kappa shape index (κ1) is 16.5. The zero-order chi connectivity index (χ0) is 17.3. The van der Waals surface area contributed by atoms with Crippen molar-refractivity contribution in [3.8, 4) is 11.3 Å². The third kappa shape index (κ3) is 3.27. The van der Waals surface area contributed by atoms with Gasteiger partial charge in [-0.25, -0.2) is 9.18 Å². The number of carboxylic acids is 1. The third-order valence-electron chi connectivity index (χ3n) is 3.54. The lowest BCUT2D eigenvalue weighted by Gasteiger charge is -2.13. The molecule has 3 aromatic rings. The molecule has 0 spiro atoms. The highest BCUT2D eigenvalue weighted by Crippen LogP contribution is 2.27. The Morgan fingerprint density at radius 1 is 1.17 bits per heavy atom. The van der Waals surface area contributed by atoms with Gasteiger partial charge < -0.3 is 9.67 Å². The zero-order valence-corrected chi connectivity index (χ0v) is 13.7. The van der Waals surface area contributed by atoms with Gasteiger partial charge in [0, 0.05) is 28.4 Å². The summed E-state index contributed by atoms with van der Waals surface area (Å²) >= 11 is 12.2. The first-order chi connectivity index (χ1) is 11.5. The highest BCUT2D eigenvalue weighted by atomic mass is 35.5. The maximum atomic E-state index is 13.5. The quantitative estimate of drug-likeness (QED) is 0.727. The lowest BCUT2D eigenvalue weighted by Crippen LogP contribution is -2.11. The normalized spacial score (nSPS) is 10.8. The molecule has 0 radical (unpaired) electrons. The molecule has 0 aliphatic heterocycles. The van der Waals surface area contributed by atoms with Crippen LogP contribution >= 0.6 is 23.2 Å². The van der Waals surface area contributed by atoms with Crippen LogP contribution in [0.3, 0.4) is 0 Å². The number of halogens is 3. The summed E-state index contributed by atoms with van der Waals surface area (Å²) in [6, 6.07) is 9.33. The van der Waals surface area contributed by atoms with Crippen molar-refractivity contribution in [1.29, 1.82) is 0 Å². The van der Waals surface area contributed by atoms with Crippen molar-refractivity contribution in [1.82, 2.24) is 9.55 Å². The predicted molar refractivity (Wildman–Crippen MR) is 90.1 cm³/mol. The molecule has 0 bridgehead atoms. The molecule has 122 valence electrons. The SMILES string of the molecule is O=C(O)c1ccc(-c2cncc(F)c2)n1Cc1cc(Cl)ccc1Cl. The summed E-state index contributed by atoms with van der Waals surface area (Å²) < 4.78 is 15.0. The largest absolute Gasteiger partial charge is 0.477 e. The van der Waals surface area contributed by atoms with Gasteiger partial charge in [-0.2, -0.15) is 0 Å². The van der Waals surface area contributed by atoms with Gasteiger partial charge in [0.15, 0.2) is 0 Å². The average molecular weight is 365 g/mol. The van der Waals surface area contributed by atoms with Gasteiger partial charge in [0.05, 0.1) is 11.9 Å². The molecule has 2 aromatic heterocycles. The van der Waals surface area contributed by atoms with Crippen molar-refractivity contribution in [3.63, 3.8) is 0 Å². The van der Waals surface area contributed by atoms with E-state index in [1.165, 1.54) is 22.9 Å². The molecule has 0 atom stereocenters. The Labute approximate surface area is 147 Å². The van der Waals surface area contributed by atoms with E-state index in [9.17, 15) is 14.3 Å². The molecular weight excluding hydrogens is 354 g/mol. The number of hydrogen-bond acceptors (Lipinski definition) is 2. The fraction of sp³-hybridized carbons (Fsp3) is 0.0588. The molecule has 1 N–H and O–H groups in total. The van der Waals surface area contributed by atoms with Gasteiger partial charge in [-0.1, -0.05) is 23.2 Å². The Bertz CT molecular complexity index is 925. The van der Waals surface area contributed by atoms with Crippen molar-refractivity contribution >= 4 is 29.2 Å². The Kier molecular flexibility index (Phi) is 4.55. The predicted octanol–water partition coefficient (Wildman–Crippen LogP) is 4.74. The molecule has 0 unspecified atom stereocenters. The summed E-state index contributed by atoms with van der Waals surface area (Å²) in [4.78, 5) is 15.3. The Morgan fingerprint density at radius 3 is 2.67 bits per heavy atom. The monoisotopic (exact) mass is 364 g/mol. The fourth-order valence-corrected chi connectivity index (χ4v) is 2.84. The van der Waals surface area contributed by atoms with Crippen LogP contribution in [0.15, 0.2) is 48.8 Å². The van der Waals surface area contributed by atoms with E-state index < -0.39 is 11.8 Å². The molecule has 0 aliphatic carbocycles.